The van der Waals surface area contributed by atoms with Crippen molar-refractivity contribution < 1.29 is 9.53 Å². The molecule has 5 heteroatoms. The van der Waals surface area contributed by atoms with E-state index in [4.69, 9.17) is 10.00 Å². The first-order valence-corrected chi connectivity index (χ1v) is 5.05. The van der Waals surface area contributed by atoms with Crippen molar-refractivity contribution in [3.8, 4) is 11.9 Å². The van der Waals surface area contributed by atoms with E-state index < -0.39 is 0 Å². The second kappa shape index (κ2) is 6.76. The Morgan fingerprint density at radius 1 is 1.61 bits per heavy atom. The van der Waals surface area contributed by atoms with Crippen LogP contribution >= 0.6 is 0 Å². The van der Waals surface area contributed by atoms with Gasteiger partial charge in [-0.05, 0) is 6.07 Å². The van der Waals surface area contributed by atoms with Crippen molar-refractivity contribution >= 4 is 12.2 Å². The van der Waals surface area contributed by atoms with E-state index in [1.165, 1.54) is 12.1 Å². The fraction of sp³-hybridized carbons (Fsp3) is 0.0769. The third-order valence-corrected chi connectivity index (χ3v) is 1.94. The van der Waals surface area contributed by atoms with E-state index in [0.717, 1.165) is 0 Å². The predicted octanol–water partition coefficient (Wildman–Crippen LogP) is 1.92. The number of hydrogen-bond acceptors (Lipinski definition) is 5. The summed E-state index contributed by atoms with van der Waals surface area (Å²) in [6.45, 7) is 3.53. The lowest BCUT2D eigenvalue weighted by molar-refractivity contribution is 0.111. The summed E-state index contributed by atoms with van der Waals surface area (Å²) in [6.07, 6.45) is 5.35. The minimum Gasteiger partial charge on any atom is -0.421 e. The zero-order valence-electron chi connectivity index (χ0n) is 9.83. The molecule has 0 saturated heterocycles. The van der Waals surface area contributed by atoms with Gasteiger partial charge in [0.1, 0.15) is 11.8 Å². The van der Waals surface area contributed by atoms with Gasteiger partial charge in [0.2, 0.25) is 11.8 Å². The molecule has 0 unspecified atom stereocenters. The minimum atomic E-state index is 0.0400. The van der Waals surface area contributed by atoms with E-state index in [2.05, 4.69) is 16.6 Å². The fourth-order valence-electron chi connectivity index (χ4n) is 1.11. The first-order chi connectivity index (χ1) is 8.74. The van der Waals surface area contributed by atoms with Gasteiger partial charge in [0.15, 0.2) is 6.29 Å². The summed E-state index contributed by atoms with van der Waals surface area (Å²) < 4.78 is 5.34. The van der Waals surface area contributed by atoms with Gasteiger partial charge in [0.05, 0.1) is 5.56 Å². The normalized spacial score (nSPS) is 11.0. The quantitative estimate of drug-likeness (QED) is 0.349. The number of carbonyl (C=O) groups excluding carboxylic acids is 1. The van der Waals surface area contributed by atoms with E-state index in [-0.39, 0.29) is 17.1 Å². The van der Waals surface area contributed by atoms with E-state index >= 15 is 0 Å². The van der Waals surface area contributed by atoms with Gasteiger partial charge in [-0.2, -0.15) is 5.26 Å². The van der Waals surface area contributed by atoms with Crippen molar-refractivity contribution in [2.45, 2.75) is 0 Å². The second-order valence-electron chi connectivity index (χ2n) is 3.07. The molecule has 0 aliphatic carbocycles. The highest BCUT2D eigenvalue weighted by atomic mass is 16.5. The Morgan fingerprint density at radius 2 is 2.39 bits per heavy atom. The summed E-state index contributed by atoms with van der Waals surface area (Å²) in [5.41, 5.74) is 0.243. The second-order valence-corrected chi connectivity index (χ2v) is 3.07. The van der Waals surface area contributed by atoms with Crippen LogP contribution in [0.15, 0.2) is 41.9 Å². The zero-order chi connectivity index (χ0) is 13.4. The largest absolute Gasteiger partial charge is 0.421 e. The summed E-state index contributed by atoms with van der Waals surface area (Å²) in [7, 11) is 1.56. The summed E-state index contributed by atoms with van der Waals surface area (Å²) in [5, 5.41) is 8.75. The molecule has 0 saturated carbocycles. The molecule has 0 bridgehead atoms. The molecule has 1 rings (SSSR count). The van der Waals surface area contributed by atoms with Crippen LogP contribution in [0.5, 0.6) is 5.88 Å². The maximum Gasteiger partial charge on any atom is 0.222 e. The molecule has 0 N–H and O–H groups in total. The number of allylic oxidation sites excluding steroid dienone is 2. The standard InChI is InChI=1S/C13H11N3O2/c1-3-4-5-12(15-2)18-13-7-6-10(8-14)11(9-17)16-13/h3-7,9H,1H2,2H3. The van der Waals surface area contributed by atoms with Crippen LogP contribution in [0.2, 0.25) is 0 Å². The fourth-order valence-corrected chi connectivity index (χ4v) is 1.11. The lowest BCUT2D eigenvalue weighted by atomic mass is 10.2. The molecule has 0 aliphatic heterocycles. The molecule has 0 spiro atoms. The van der Waals surface area contributed by atoms with Crippen molar-refractivity contribution in [1.82, 2.24) is 4.98 Å². The Kier molecular flexibility index (Phi) is 5.00. The maximum atomic E-state index is 10.7. The molecule has 90 valence electrons. The van der Waals surface area contributed by atoms with Crippen LogP contribution < -0.4 is 4.74 Å². The summed E-state index contributed by atoms with van der Waals surface area (Å²) in [4.78, 5) is 18.5. The maximum absolute atomic E-state index is 10.7. The topological polar surface area (TPSA) is 75.3 Å². The Morgan fingerprint density at radius 3 is 2.94 bits per heavy atom. The van der Waals surface area contributed by atoms with Crippen LogP contribution in [0.1, 0.15) is 16.1 Å². The van der Waals surface area contributed by atoms with E-state index in [1.807, 2.05) is 6.07 Å². The molecule has 1 heterocycles. The smallest absolute Gasteiger partial charge is 0.222 e. The number of aldehydes is 1. The van der Waals surface area contributed by atoms with Crippen LogP contribution in [0, 0.1) is 11.3 Å². The molecule has 0 aromatic carbocycles. The van der Waals surface area contributed by atoms with Crippen LogP contribution in [0.3, 0.4) is 0 Å². The average Bonchev–Trinajstić information content (AvgIpc) is 2.43. The monoisotopic (exact) mass is 241 g/mol. The highest BCUT2D eigenvalue weighted by molar-refractivity contribution is 5.89. The van der Waals surface area contributed by atoms with Gasteiger partial charge in [-0.15, -0.1) is 0 Å². The van der Waals surface area contributed by atoms with Crippen molar-refractivity contribution in [3.63, 3.8) is 0 Å². The highest BCUT2D eigenvalue weighted by Crippen LogP contribution is 2.11. The van der Waals surface area contributed by atoms with E-state index in [9.17, 15) is 4.79 Å². The number of aliphatic imine (C=N–C) groups is 1. The molecule has 1 aromatic heterocycles. The summed E-state index contributed by atoms with van der Waals surface area (Å²) in [6, 6.07) is 4.84. The number of pyridine rings is 1. The Bertz CT molecular complexity index is 554. The predicted molar refractivity (Wildman–Crippen MR) is 67.7 cm³/mol. The molecular formula is C13H11N3O2. The molecule has 0 fully saturated rings. The highest BCUT2D eigenvalue weighted by Gasteiger charge is 2.06. The van der Waals surface area contributed by atoms with Crippen LogP contribution in [-0.2, 0) is 0 Å². The Labute approximate surface area is 105 Å². The molecule has 1 aromatic rings. The van der Waals surface area contributed by atoms with Crippen LogP contribution in [0.25, 0.3) is 0 Å². The van der Waals surface area contributed by atoms with Gasteiger partial charge in [0, 0.05) is 19.2 Å². The molecular weight excluding hydrogens is 230 g/mol. The van der Waals surface area contributed by atoms with Gasteiger partial charge in [0.25, 0.3) is 0 Å². The SMILES string of the molecule is C=CC=CC(=NC)Oc1ccc(C#N)c(C=O)n1. The average molecular weight is 241 g/mol. The first-order valence-electron chi connectivity index (χ1n) is 5.05. The number of aromatic nitrogens is 1. The first kappa shape index (κ1) is 13.3. The van der Waals surface area contributed by atoms with Gasteiger partial charge in [-0.1, -0.05) is 18.7 Å². The van der Waals surface area contributed by atoms with Crippen LogP contribution in [-0.4, -0.2) is 24.2 Å². The van der Waals surface area contributed by atoms with Gasteiger partial charge in [-0.3, -0.25) is 9.79 Å². The van der Waals surface area contributed by atoms with E-state index in [0.29, 0.717) is 12.2 Å². The van der Waals surface area contributed by atoms with Gasteiger partial charge >= 0.3 is 0 Å². The van der Waals surface area contributed by atoms with E-state index in [1.54, 1.807) is 25.3 Å². The van der Waals surface area contributed by atoms with Crippen LogP contribution in [0.4, 0.5) is 0 Å². The number of carbonyl (C=O) groups is 1. The third kappa shape index (κ3) is 3.39. The summed E-state index contributed by atoms with van der Waals surface area (Å²) >= 11 is 0. The number of nitriles is 1. The summed E-state index contributed by atoms with van der Waals surface area (Å²) in [5.74, 6) is 0.523. The number of ether oxygens (including phenoxy) is 1. The number of nitrogens with zero attached hydrogens (tertiary/aromatic N) is 3. The number of hydrogen-bond donors (Lipinski definition) is 0. The number of rotatable bonds is 4. The van der Waals surface area contributed by atoms with Crippen molar-refractivity contribution in [2.24, 2.45) is 4.99 Å². The lowest BCUT2D eigenvalue weighted by Gasteiger charge is -2.04. The molecule has 5 nitrogen and oxygen atoms in total. The third-order valence-electron chi connectivity index (χ3n) is 1.94. The molecule has 18 heavy (non-hydrogen) atoms. The molecule has 0 radical (unpaired) electrons. The molecule has 0 atom stereocenters. The van der Waals surface area contributed by atoms with Crippen molar-refractivity contribution in [2.75, 3.05) is 7.05 Å². The van der Waals surface area contributed by atoms with Gasteiger partial charge in [-0.25, -0.2) is 4.98 Å². The molecule has 0 aliphatic rings. The Balaban J connectivity index is 2.98. The van der Waals surface area contributed by atoms with Crippen molar-refractivity contribution in [1.29, 1.82) is 5.26 Å². The Hall–Kier alpha value is -2.74. The lowest BCUT2D eigenvalue weighted by Crippen LogP contribution is -2.07. The molecule has 0 amide bonds. The van der Waals surface area contributed by atoms with Gasteiger partial charge < -0.3 is 4.74 Å². The minimum absolute atomic E-state index is 0.0400. The zero-order valence-corrected chi connectivity index (χ0v) is 9.83. The van der Waals surface area contributed by atoms with Crippen molar-refractivity contribution in [3.05, 3.63) is 48.2 Å².